The highest BCUT2D eigenvalue weighted by atomic mass is 127. The van der Waals surface area contributed by atoms with Crippen LogP contribution in [0.25, 0.3) is 0 Å². The molecule has 0 spiro atoms. The molecule has 0 radical (unpaired) electrons. The summed E-state index contributed by atoms with van der Waals surface area (Å²) < 4.78 is 0. The standard InChI is InChI=1S/C18H26N4.HI/c1-13-8-14(2)10-17(9-13)22-18(20-3)21-12-16-6-4-15(11-19)5-7-16;/h4-7,13-14,17H,8-10,12H2,1-3H3,(H2,20,21,22);1H. The summed E-state index contributed by atoms with van der Waals surface area (Å²) in [6.45, 7) is 5.37. The van der Waals surface area contributed by atoms with Crippen LogP contribution in [0.3, 0.4) is 0 Å². The Hall–Kier alpha value is -1.29. The zero-order chi connectivity index (χ0) is 15.9. The Labute approximate surface area is 156 Å². The molecule has 2 unspecified atom stereocenters. The van der Waals surface area contributed by atoms with Crippen molar-refractivity contribution in [3.63, 3.8) is 0 Å². The van der Waals surface area contributed by atoms with Crippen LogP contribution in [0.1, 0.15) is 44.2 Å². The summed E-state index contributed by atoms with van der Waals surface area (Å²) in [5.74, 6) is 2.41. The van der Waals surface area contributed by atoms with Gasteiger partial charge in [0, 0.05) is 19.6 Å². The zero-order valence-electron chi connectivity index (χ0n) is 14.2. The molecule has 0 bridgehead atoms. The van der Waals surface area contributed by atoms with Crippen LogP contribution >= 0.6 is 24.0 Å². The van der Waals surface area contributed by atoms with Crippen LogP contribution in [0.2, 0.25) is 0 Å². The largest absolute Gasteiger partial charge is 0.354 e. The first-order valence-corrected chi connectivity index (χ1v) is 8.07. The fourth-order valence-electron chi connectivity index (χ4n) is 3.34. The van der Waals surface area contributed by atoms with E-state index in [-0.39, 0.29) is 24.0 Å². The highest BCUT2D eigenvalue weighted by Crippen LogP contribution is 2.28. The first kappa shape index (κ1) is 19.8. The molecule has 0 aromatic heterocycles. The monoisotopic (exact) mass is 426 g/mol. The van der Waals surface area contributed by atoms with Crippen molar-refractivity contribution < 1.29 is 0 Å². The van der Waals surface area contributed by atoms with Crippen molar-refractivity contribution in [1.82, 2.24) is 10.6 Å². The van der Waals surface area contributed by atoms with Gasteiger partial charge in [0.2, 0.25) is 0 Å². The SMILES string of the molecule is CN=C(NCc1ccc(C#N)cc1)NC1CC(C)CC(C)C1.I. The minimum absolute atomic E-state index is 0. The summed E-state index contributed by atoms with van der Waals surface area (Å²) in [4.78, 5) is 4.32. The normalized spacial score (nSPS) is 24.3. The maximum absolute atomic E-state index is 8.82. The molecule has 0 amide bonds. The minimum atomic E-state index is 0. The Morgan fingerprint density at radius 3 is 2.30 bits per heavy atom. The molecule has 5 heteroatoms. The van der Waals surface area contributed by atoms with Crippen LogP contribution in [0.15, 0.2) is 29.3 Å². The summed E-state index contributed by atoms with van der Waals surface area (Å²) in [6.07, 6.45) is 3.75. The first-order valence-electron chi connectivity index (χ1n) is 8.07. The van der Waals surface area contributed by atoms with Crippen molar-refractivity contribution >= 4 is 29.9 Å². The second-order valence-corrected chi connectivity index (χ2v) is 6.49. The van der Waals surface area contributed by atoms with E-state index in [0.717, 1.165) is 23.4 Å². The lowest BCUT2D eigenvalue weighted by atomic mass is 9.80. The van der Waals surface area contributed by atoms with Gasteiger partial charge in [-0.15, -0.1) is 24.0 Å². The van der Waals surface area contributed by atoms with Crippen LogP contribution in [-0.4, -0.2) is 19.0 Å². The third kappa shape index (κ3) is 6.38. The quantitative estimate of drug-likeness (QED) is 0.441. The molecule has 2 N–H and O–H groups in total. The lowest BCUT2D eigenvalue weighted by molar-refractivity contribution is 0.255. The van der Waals surface area contributed by atoms with E-state index in [2.05, 4.69) is 35.5 Å². The fourth-order valence-corrected chi connectivity index (χ4v) is 3.34. The Morgan fingerprint density at radius 2 is 1.78 bits per heavy atom. The van der Waals surface area contributed by atoms with Gasteiger partial charge in [-0.2, -0.15) is 5.26 Å². The van der Waals surface area contributed by atoms with Gasteiger partial charge >= 0.3 is 0 Å². The number of benzene rings is 1. The molecule has 0 heterocycles. The van der Waals surface area contributed by atoms with Gasteiger partial charge in [-0.1, -0.05) is 26.0 Å². The zero-order valence-corrected chi connectivity index (χ0v) is 16.5. The molecular formula is C18H27IN4. The number of nitriles is 1. The average Bonchev–Trinajstić information content (AvgIpc) is 2.51. The Balaban J connectivity index is 0.00000264. The van der Waals surface area contributed by atoms with Crippen molar-refractivity contribution in [3.05, 3.63) is 35.4 Å². The highest BCUT2D eigenvalue weighted by molar-refractivity contribution is 14.0. The molecule has 0 aliphatic heterocycles. The van der Waals surface area contributed by atoms with Gasteiger partial charge in [0.15, 0.2) is 5.96 Å². The van der Waals surface area contributed by atoms with E-state index >= 15 is 0 Å². The van der Waals surface area contributed by atoms with Crippen molar-refractivity contribution in [3.8, 4) is 6.07 Å². The maximum atomic E-state index is 8.82. The molecule has 1 fully saturated rings. The smallest absolute Gasteiger partial charge is 0.191 e. The summed E-state index contributed by atoms with van der Waals surface area (Å²) in [7, 11) is 1.81. The van der Waals surface area contributed by atoms with E-state index in [4.69, 9.17) is 5.26 Å². The molecule has 1 aromatic rings. The number of hydrogen-bond acceptors (Lipinski definition) is 2. The number of rotatable bonds is 3. The van der Waals surface area contributed by atoms with E-state index in [9.17, 15) is 0 Å². The summed E-state index contributed by atoms with van der Waals surface area (Å²) in [5.41, 5.74) is 1.84. The van der Waals surface area contributed by atoms with E-state index in [1.165, 1.54) is 19.3 Å². The fraction of sp³-hybridized carbons (Fsp3) is 0.556. The van der Waals surface area contributed by atoms with E-state index < -0.39 is 0 Å². The van der Waals surface area contributed by atoms with Crippen molar-refractivity contribution in [1.29, 1.82) is 5.26 Å². The van der Waals surface area contributed by atoms with Crippen LogP contribution < -0.4 is 10.6 Å². The summed E-state index contributed by atoms with van der Waals surface area (Å²) in [5, 5.41) is 15.7. The van der Waals surface area contributed by atoms with Gasteiger partial charge in [-0.05, 0) is 48.8 Å². The molecule has 1 saturated carbocycles. The molecule has 23 heavy (non-hydrogen) atoms. The Morgan fingerprint density at radius 1 is 1.17 bits per heavy atom. The van der Waals surface area contributed by atoms with E-state index in [0.29, 0.717) is 18.2 Å². The average molecular weight is 426 g/mol. The second kappa shape index (κ2) is 9.76. The number of aliphatic imine (C=N–C) groups is 1. The molecule has 1 aliphatic rings. The van der Waals surface area contributed by atoms with Crippen molar-refractivity contribution in [2.24, 2.45) is 16.8 Å². The summed E-state index contributed by atoms with van der Waals surface area (Å²) >= 11 is 0. The predicted molar refractivity (Wildman–Crippen MR) is 106 cm³/mol. The number of guanidine groups is 1. The Kier molecular flexibility index (Phi) is 8.38. The van der Waals surface area contributed by atoms with Gasteiger partial charge in [0.05, 0.1) is 11.6 Å². The van der Waals surface area contributed by atoms with E-state index in [1.807, 2.05) is 31.3 Å². The topological polar surface area (TPSA) is 60.2 Å². The number of nitrogens with one attached hydrogen (secondary N) is 2. The minimum Gasteiger partial charge on any atom is -0.354 e. The molecule has 126 valence electrons. The lowest BCUT2D eigenvalue weighted by Gasteiger charge is -2.32. The Bertz CT molecular complexity index is 537. The molecule has 2 atom stereocenters. The third-order valence-corrected chi connectivity index (χ3v) is 4.29. The number of halogens is 1. The molecular weight excluding hydrogens is 399 g/mol. The predicted octanol–water partition coefficient (Wildman–Crippen LogP) is 3.67. The van der Waals surface area contributed by atoms with Crippen LogP contribution in [0, 0.1) is 23.2 Å². The lowest BCUT2D eigenvalue weighted by Crippen LogP contribution is -2.45. The molecule has 0 saturated heterocycles. The molecule has 1 aromatic carbocycles. The summed E-state index contributed by atoms with van der Waals surface area (Å²) in [6, 6.07) is 10.3. The number of hydrogen-bond donors (Lipinski definition) is 2. The van der Waals surface area contributed by atoms with Crippen molar-refractivity contribution in [2.75, 3.05) is 7.05 Å². The molecule has 4 nitrogen and oxygen atoms in total. The molecule has 2 rings (SSSR count). The first-order chi connectivity index (χ1) is 10.6. The van der Waals surface area contributed by atoms with Gasteiger partial charge in [0.1, 0.15) is 0 Å². The van der Waals surface area contributed by atoms with Crippen LogP contribution in [0.4, 0.5) is 0 Å². The second-order valence-electron chi connectivity index (χ2n) is 6.49. The van der Waals surface area contributed by atoms with Gasteiger partial charge < -0.3 is 10.6 Å². The van der Waals surface area contributed by atoms with Gasteiger partial charge in [-0.25, -0.2) is 0 Å². The van der Waals surface area contributed by atoms with E-state index in [1.54, 1.807) is 0 Å². The van der Waals surface area contributed by atoms with Crippen molar-refractivity contribution in [2.45, 2.75) is 45.7 Å². The van der Waals surface area contributed by atoms with Crippen LogP contribution in [-0.2, 0) is 6.54 Å². The van der Waals surface area contributed by atoms with Gasteiger partial charge in [0.25, 0.3) is 0 Å². The molecule has 1 aliphatic carbocycles. The number of nitrogens with zero attached hydrogens (tertiary/aromatic N) is 2. The van der Waals surface area contributed by atoms with Crippen LogP contribution in [0.5, 0.6) is 0 Å². The maximum Gasteiger partial charge on any atom is 0.191 e. The van der Waals surface area contributed by atoms with Gasteiger partial charge in [-0.3, -0.25) is 4.99 Å². The highest BCUT2D eigenvalue weighted by Gasteiger charge is 2.24. The third-order valence-electron chi connectivity index (χ3n) is 4.29.